The Hall–Kier alpha value is -2.25. The highest BCUT2D eigenvalue weighted by atomic mass is 19.3. The molecule has 8 heteroatoms. The second-order valence-electron chi connectivity index (χ2n) is 7.26. The Balaban J connectivity index is 1.55. The monoisotopic (exact) mass is 350 g/mol. The molecule has 0 unspecified atom stereocenters. The zero-order valence-electron chi connectivity index (χ0n) is 14.2. The van der Waals surface area contributed by atoms with Crippen LogP contribution in [0.15, 0.2) is 10.9 Å². The molecule has 2 bridgehead atoms. The molecule has 2 aliphatic heterocycles. The number of hydrogen-bond donors (Lipinski definition) is 1. The standard InChI is InChI=1S/C17H20F2N4O2/c1-9-12(10(2)23-13(20-9)5-14(24)21-23)3-4-15(25)22-8-11-6-17(22,7-11)16(18)19/h5,11,16H,3-4,6-8H2,1-2H3,(H,21,24). The van der Waals surface area contributed by atoms with Gasteiger partial charge in [-0.3, -0.25) is 14.7 Å². The van der Waals surface area contributed by atoms with Crippen LogP contribution in [0, 0.1) is 19.8 Å². The van der Waals surface area contributed by atoms with Gasteiger partial charge in [-0.15, -0.1) is 0 Å². The van der Waals surface area contributed by atoms with Crippen molar-refractivity contribution in [3.63, 3.8) is 0 Å². The summed E-state index contributed by atoms with van der Waals surface area (Å²) >= 11 is 0. The Bertz CT molecular complexity index is 911. The van der Waals surface area contributed by atoms with E-state index in [9.17, 15) is 18.4 Å². The van der Waals surface area contributed by atoms with Crippen LogP contribution in [-0.4, -0.2) is 43.9 Å². The molecule has 25 heavy (non-hydrogen) atoms. The van der Waals surface area contributed by atoms with Crippen LogP contribution in [0.3, 0.4) is 0 Å². The van der Waals surface area contributed by atoms with Crippen molar-refractivity contribution in [2.75, 3.05) is 6.54 Å². The zero-order chi connectivity index (χ0) is 17.9. The molecule has 5 rings (SSSR count). The number of nitrogens with one attached hydrogen (secondary N) is 1. The molecule has 134 valence electrons. The molecule has 1 saturated carbocycles. The van der Waals surface area contributed by atoms with E-state index in [1.807, 2.05) is 13.8 Å². The molecule has 2 aromatic heterocycles. The number of H-pyrrole nitrogens is 1. The fourth-order valence-electron chi connectivity index (χ4n) is 4.46. The number of aromatic amines is 1. The number of hydrogen-bond acceptors (Lipinski definition) is 3. The minimum absolute atomic E-state index is 0.168. The molecule has 6 nitrogen and oxygen atoms in total. The van der Waals surface area contributed by atoms with Crippen LogP contribution in [0.2, 0.25) is 0 Å². The summed E-state index contributed by atoms with van der Waals surface area (Å²) in [6.45, 7) is 4.13. The van der Waals surface area contributed by atoms with Crippen LogP contribution in [-0.2, 0) is 11.2 Å². The maximum atomic E-state index is 13.4. The lowest BCUT2D eigenvalue weighted by Gasteiger charge is -2.41. The minimum Gasteiger partial charge on any atom is -0.331 e. The maximum Gasteiger partial charge on any atom is 0.266 e. The van der Waals surface area contributed by atoms with E-state index in [0.717, 1.165) is 17.0 Å². The molecule has 3 aliphatic rings. The molecule has 1 amide bonds. The van der Waals surface area contributed by atoms with E-state index < -0.39 is 12.0 Å². The summed E-state index contributed by atoms with van der Waals surface area (Å²) in [5.74, 6) is 0.00425. The third kappa shape index (κ3) is 2.30. The first kappa shape index (κ1) is 16.2. The van der Waals surface area contributed by atoms with Gasteiger partial charge < -0.3 is 4.90 Å². The van der Waals surface area contributed by atoms with E-state index >= 15 is 0 Å². The van der Waals surface area contributed by atoms with E-state index in [1.54, 1.807) is 4.52 Å². The van der Waals surface area contributed by atoms with Crippen molar-refractivity contribution < 1.29 is 13.6 Å². The van der Waals surface area contributed by atoms with Crippen molar-refractivity contribution in [3.8, 4) is 0 Å². The fourth-order valence-corrected chi connectivity index (χ4v) is 4.46. The van der Waals surface area contributed by atoms with Crippen LogP contribution < -0.4 is 5.56 Å². The van der Waals surface area contributed by atoms with Crippen LogP contribution >= 0.6 is 0 Å². The van der Waals surface area contributed by atoms with Crippen molar-refractivity contribution in [1.29, 1.82) is 0 Å². The lowest BCUT2D eigenvalue weighted by Crippen LogP contribution is -2.53. The third-order valence-corrected chi connectivity index (χ3v) is 5.76. The Morgan fingerprint density at radius 2 is 2.16 bits per heavy atom. The van der Waals surface area contributed by atoms with Crippen LogP contribution in [0.1, 0.15) is 36.2 Å². The fraction of sp³-hybridized carbons (Fsp3) is 0.588. The number of fused-ring (bicyclic) bond motifs is 2. The summed E-state index contributed by atoms with van der Waals surface area (Å²) in [5, 5.41) is 2.68. The SMILES string of the molecule is Cc1nc2cc(=O)[nH]n2c(C)c1CCC(=O)N1CC2CC1(C(F)F)C2. The number of alkyl halides is 2. The van der Waals surface area contributed by atoms with Gasteiger partial charge in [0.05, 0.1) is 0 Å². The predicted molar refractivity (Wildman–Crippen MR) is 86.8 cm³/mol. The molecule has 2 aromatic rings. The summed E-state index contributed by atoms with van der Waals surface area (Å²) in [5.41, 5.74) is 1.50. The summed E-state index contributed by atoms with van der Waals surface area (Å²) in [7, 11) is 0. The topological polar surface area (TPSA) is 70.5 Å². The summed E-state index contributed by atoms with van der Waals surface area (Å²) < 4.78 is 28.4. The smallest absolute Gasteiger partial charge is 0.266 e. The number of nitrogens with zero attached hydrogens (tertiary/aromatic N) is 3. The number of carbonyl (C=O) groups excluding carboxylic acids is 1. The predicted octanol–water partition coefficient (Wildman–Crippen LogP) is 1.83. The van der Waals surface area contributed by atoms with Crippen molar-refractivity contribution in [3.05, 3.63) is 33.4 Å². The summed E-state index contributed by atoms with van der Waals surface area (Å²) in [4.78, 5) is 29.8. The summed E-state index contributed by atoms with van der Waals surface area (Å²) in [6, 6.07) is 1.42. The Labute approximate surface area is 142 Å². The first-order valence-corrected chi connectivity index (χ1v) is 8.48. The molecule has 0 aromatic carbocycles. The van der Waals surface area contributed by atoms with Crippen molar-refractivity contribution in [1.82, 2.24) is 19.5 Å². The van der Waals surface area contributed by atoms with Crippen molar-refractivity contribution in [2.24, 2.45) is 5.92 Å². The molecule has 1 aliphatic carbocycles. The largest absolute Gasteiger partial charge is 0.331 e. The third-order valence-electron chi connectivity index (χ3n) is 5.76. The van der Waals surface area contributed by atoms with Gasteiger partial charge in [-0.2, -0.15) is 0 Å². The molecule has 2 saturated heterocycles. The average molecular weight is 350 g/mol. The van der Waals surface area contributed by atoms with Gasteiger partial charge in [0, 0.05) is 30.4 Å². The van der Waals surface area contributed by atoms with Crippen molar-refractivity contribution >= 4 is 11.6 Å². The van der Waals surface area contributed by atoms with E-state index in [2.05, 4.69) is 10.1 Å². The van der Waals surface area contributed by atoms with Gasteiger partial charge in [0.15, 0.2) is 5.65 Å². The highest BCUT2D eigenvalue weighted by molar-refractivity contribution is 5.78. The maximum absolute atomic E-state index is 13.4. The molecule has 3 fully saturated rings. The van der Waals surface area contributed by atoms with Gasteiger partial charge in [-0.1, -0.05) is 0 Å². The van der Waals surface area contributed by atoms with Gasteiger partial charge in [-0.25, -0.2) is 18.3 Å². The second kappa shape index (κ2) is 5.37. The molecule has 4 heterocycles. The van der Waals surface area contributed by atoms with Gasteiger partial charge >= 0.3 is 0 Å². The number of rotatable bonds is 4. The van der Waals surface area contributed by atoms with Crippen LogP contribution in [0.5, 0.6) is 0 Å². The highest BCUT2D eigenvalue weighted by Crippen LogP contribution is 2.53. The quantitative estimate of drug-likeness (QED) is 0.915. The number of aromatic nitrogens is 3. The van der Waals surface area contributed by atoms with E-state index in [1.165, 1.54) is 11.0 Å². The Morgan fingerprint density at radius 1 is 1.44 bits per heavy atom. The van der Waals surface area contributed by atoms with Crippen LogP contribution in [0.4, 0.5) is 8.78 Å². The molecule has 0 spiro atoms. The molecule has 0 radical (unpaired) electrons. The van der Waals surface area contributed by atoms with E-state index in [0.29, 0.717) is 31.5 Å². The lowest BCUT2D eigenvalue weighted by atomic mass is 9.73. The van der Waals surface area contributed by atoms with Gasteiger partial charge in [0.2, 0.25) is 5.91 Å². The van der Waals surface area contributed by atoms with Gasteiger partial charge in [-0.05, 0) is 44.6 Å². The Kier molecular flexibility index (Phi) is 3.49. The Morgan fingerprint density at radius 3 is 2.84 bits per heavy atom. The van der Waals surface area contributed by atoms with Crippen molar-refractivity contribution in [2.45, 2.75) is 51.5 Å². The first-order valence-electron chi connectivity index (χ1n) is 8.48. The molecular formula is C17H20F2N4O2. The lowest BCUT2D eigenvalue weighted by molar-refractivity contribution is -0.142. The average Bonchev–Trinajstić information content (AvgIpc) is 3.16. The molecular weight excluding hydrogens is 330 g/mol. The van der Waals surface area contributed by atoms with Gasteiger partial charge in [0.25, 0.3) is 12.0 Å². The minimum atomic E-state index is -2.48. The second-order valence-corrected chi connectivity index (χ2v) is 7.26. The van der Waals surface area contributed by atoms with E-state index in [4.69, 9.17) is 0 Å². The normalized spacial score (nSPS) is 25.0. The summed E-state index contributed by atoms with van der Waals surface area (Å²) in [6.07, 6.45) is -1.05. The molecule has 1 N–H and O–H groups in total. The van der Waals surface area contributed by atoms with E-state index in [-0.39, 0.29) is 23.8 Å². The number of halogens is 2. The van der Waals surface area contributed by atoms with Gasteiger partial charge in [0.1, 0.15) is 5.54 Å². The highest BCUT2D eigenvalue weighted by Gasteiger charge is 2.62. The number of aryl methyl sites for hydroxylation is 2. The zero-order valence-corrected chi connectivity index (χ0v) is 14.2. The number of carbonyl (C=O) groups is 1. The van der Waals surface area contributed by atoms with Crippen LogP contribution in [0.25, 0.3) is 5.65 Å². The first-order chi connectivity index (χ1) is 11.8. The number of amides is 1. The molecule has 0 atom stereocenters.